The topological polar surface area (TPSA) is 43.4 Å². The van der Waals surface area contributed by atoms with Crippen LogP contribution in [0.4, 0.5) is 0 Å². The van der Waals surface area contributed by atoms with Gasteiger partial charge in [0.2, 0.25) is 0 Å². The third kappa shape index (κ3) is 5.45. The van der Waals surface area contributed by atoms with Gasteiger partial charge in [-0.1, -0.05) is 35.9 Å². The monoisotopic (exact) mass is 446 g/mol. The maximum absolute atomic E-state index is 6.20. The lowest BCUT2D eigenvalue weighted by atomic mass is 10.2. The van der Waals surface area contributed by atoms with Crippen LogP contribution >= 0.6 is 27.5 Å². The van der Waals surface area contributed by atoms with E-state index in [0.29, 0.717) is 29.7 Å². The summed E-state index contributed by atoms with van der Waals surface area (Å²) in [5.41, 5.74) is 3.16. The van der Waals surface area contributed by atoms with Gasteiger partial charge in [-0.2, -0.15) is 0 Å². The highest BCUT2D eigenvalue weighted by molar-refractivity contribution is 9.10. The zero-order valence-corrected chi connectivity index (χ0v) is 17.3. The first-order chi connectivity index (χ1) is 13.2. The Labute approximate surface area is 172 Å². The van der Waals surface area contributed by atoms with Gasteiger partial charge in [-0.3, -0.25) is 4.98 Å². The van der Waals surface area contributed by atoms with Gasteiger partial charge in [0, 0.05) is 36.1 Å². The van der Waals surface area contributed by atoms with Gasteiger partial charge < -0.3 is 14.8 Å². The van der Waals surface area contributed by atoms with Crippen molar-refractivity contribution in [3.05, 3.63) is 87.1 Å². The van der Waals surface area contributed by atoms with E-state index in [0.717, 1.165) is 27.7 Å². The van der Waals surface area contributed by atoms with Gasteiger partial charge >= 0.3 is 0 Å². The minimum absolute atomic E-state index is 0.368. The van der Waals surface area contributed by atoms with Crippen LogP contribution in [0.15, 0.2) is 65.4 Å². The minimum atomic E-state index is 0.368. The van der Waals surface area contributed by atoms with E-state index in [1.165, 1.54) is 0 Å². The summed E-state index contributed by atoms with van der Waals surface area (Å²) in [5.74, 6) is 1.34. The van der Waals surface area contributed by atoms with Gasteiger partial charge in [0.15, 0.2) is 11.5 Å². The zero-order chi connectivity index (χ0) is 19.1. The first-order valence-electron chi connectivity index (χ1n) is 8.49. The molecule has 1 heterocycles. The Kier molecular flexibility index (Phi) is 7.10. The quantitative estimate of drug-likeness (QED) is 0.504. The van der Waals surface area contributed by atoms with Crippen molar-refractivity contribution < 1.29 is 9.47 Å². The molecule has 27 heavy (non-hydrogen) atoms. The van der Waals surface area contributed by atoms with Crippen LogP contribution in [0.2, 0.25) is 5.02 Å². The van der Waals surface area contributed by atoms with Crippen LogP contribution in [-0.2, 0) is 19.7 Å². The summed E-state index contributed by atoms with van der Waals surface area (Å²) in [7, 11) is 1.64. The number of halogens is 2. The largest absolute Gasteiger partial charge is 0.493 e. The van der Waals surface area contributed by atoms with E-state index in [2.05, 4.69) is 26.2 Å². The van der Waals surface area contributed by atoms with Crippen molar-refractivity contribution in [2.45, 2.75) is 19.7 Å². The molecule has 0 saturated carbocycles. The molecule has 0 fully saturated rings. The second-order valence-corrected chi connectivity index (χ2v) is 7.22. The second kappa shape index (κ2) is 9.74. The van der Waals surface area contributed by atoms with Crippen LogP contribution in [0.5, 0.6) is 11.5 Å². The SMILES string of the molecule is COc1cc(CNCc2cccnc2)cc(Br)c1OCc1ccccc1Cl. The highest BCUT2D eigenvalue weighted by Crippen LogP contribution is 2.37. The van der Waals surface area contributed by atoms with Gasteiger partial charge in [-0.25, -0.2) is 0 Å². The van der Waals surface area contributed by atoms with E-state index in [1.807, 2.05) is 54.7 Å². The Bertz CT molecular complexity index is 891. The Balaban J connectivity index is 1.66. The summed E-state index contributed by atoms with van der Waals surface area (Å²) in [6.07, 6.45) is 3.63. The lowest BCUT2D eigenvalue weighted by molar-refractivity contribution is 0.282. The summed E-state index contributed by atoms with van der Waals surface area (Å²) in [5, 5.41) is 4.09. The Morgan fingerprint density at radius 2 is 1.89 bits per heavy atom. The van der Waals surface area contributed by atoms with Gasteiger partial charge in [-0.05, 0) is 51.3 Å². The first-order valence-corrected chi connectivity index (χ1v) is 9.66. The molecule has 0 atom stereocenters. The molecule has 140 valence electrons. The molecule has 6 heteroatoms. The van der Waals surface area contributed by atoms with E-state index in [1.54, 1.807) is 13.3 Å². The van der Waals surface area contributed by atoms with Crippen molar-refractivity contribution in [3.8, 4) is 11.5 Å². The number of methoxy groups -OCH3 is 1. The fourth-order valence-electron chi connectivity index (χ4n) is 2.63. The minimum Gasteiger partial charge on any atom is -0.493 e. The van der Waals surface area contributed by atoms with Gasteiger partial charge in [-0.15, -0.1) is 0 Å². The fourth-order valence-corrected chi connectivity index (χ4v) is 3.43. The lowest BCUT2D eigenvalue weighted by Gasteiger charge is -2.15. The van der Waals surface area contributed by atoms with Crippen LogP contribution in [0.25, 0.3) is 0 Å². The van der Waals surface area contributed by atoms with Crippen LogP contribution < -0.4 is 14.8 Å². The molecule has 0 aliphatic rings. The number of aromatic nitrogens is 1. The molecule has 4 nitrogen and oxygen atoms in total. The average Bonchev–Trinajstić information content (AvgIpc) is 2.69. The van der Waals surface area contributed by atoms with Crippen LogP contribution in [0.3, 0.4) is 0 Å². The van der Waals surface area contributed by atoms with E-state index < -0.39 is 0 Å². The highest BCUT2D eigenvalue weighted by Gasteiger charge is 2.13. The molecule has 3 rings (SSSR count). The maximum Gasteiger partial charge on any atom is 0.175 e. The van der Waals surface area contributed by atoms with Crippen molar-refractivity contribution in [1.29, 1.82) is 0 Å². The Morgan fingerprint density at radius 1 is 1.07 bits per heavy atom. The molecular formula is C21H20BrClN2O2. The number of ether oxygens (including phenoxy) is 2. The molecule has 3 aromatic rings. The molecule has 2 aromatic carbocycles. The fraction of sp³-hybridized carbons (Fsp3) is 0.190. The number of hydrogen-bond donors (Lipinski definition) is 1. The summed E-state index contributed by atoms with van der Waals surface area (Å²) in [4.78, 5) is 4.12. The van der Waals surface area contributed by atoms with Crippen molar-refractivity contribution in [2.24, 2.45) is 0 Å². The molecular weight excluding hydrogens is 428 g/mol. The number of pyridine rings is 1. The lowest BCUT2D eigenvalue weighted by Crippen LogP contribution is -2.13. The summed E-state index contributed by atoms with van der Waals surface area (Å²) in [6, 6.07) is 15.6. The second-order valence-electron chi connectivity index (χ2n) is 5.95. The number of rotatable bonds is 8. The third-order valence-corrected chi connectivity index (χ3v) is 4.96. The van der Waals surface area contributed by atoms with Crippen LogP contribution in [0, 0.1) is 0 Å². The molecule has 0 unspecified atom stereocenters. The summed E-state index contributed by atoms with van der Waals surface area (Å²) in [6.45, 7) is 1.82. The Morgan fingerprint density at radius 3 is 2.63 bits per heavy atom. The average molecular weight is 448 g/mol. The molecule has 0 spiro atoms. The number of hydrogen-bond acceptors (Lipinski definition) is 4. The van der Waals surface area contributed by atoms with Gasteiger partial charge in [0.1, 0.15) is 6.61 Å². The standard InChI is InChI=1S/C21H20BrClN2O2/c1-26-20-10-16(13-25-12-15-5-4-8-24-11-15)9-18(22)21(20)27-14-17-6-2-3-7-19(17)23/h2-11,25H,12-14H2,1H3. The summed E-state index contributed by atoms with van der Waals surface area (Å²) >= 11 is 9.79. The van der Waals surface area contributed by atoms with Crippen molar-refractivity contribution in [2.75, 3.05) is 7.11 Å². The predicted molar refractivity (Wildman–Crippen MR) is 111 cm³/mol. The van der Waals surface area contributed by atoms with E-state index in [9.17, 15) is 0 Å². The molecule has 1 aromatic heterocycles. The Hall–Kier alpha value is -2.08. The van der Waals surface area contributed by atoms with Crippen LogP contribution in [-0.4, -0.2) is 12.1 Å². The van der Waals surface area contributed by atoms with Gasteiger partial charge in [0.25, 0.3) is 0 Å². The van der Waals surface area contributed by atoms with E-state index >= 15 is 0 Å². The van der Waals surface area contributed by atoms with E-state index in [-0.39, 0.29) is 0 Å². The van der Waals surface area contributed by atoms with Crippen molar-refractivity contribution in [1.82, 2.24) is 10.3 Å². The molecule has 0 amide bonds. The van der Waals surface area contributed by atoms with Crippen molar-refractivity contribution >= 4 is 27.5 Å². The molecule has 0 saturated heterocycles. The molecule has 0 radical (unpaired) electrons. The predicted octanol–water partition coefficient (Wildman–Crippen LogP) is 5.37. The van der Waals surface area contributed by atoms with Crippen LogP contribution in [0.1, 0.15) is 16.7 Å². The first kappa shape index (κ1) is 19.7. The zero-order valence-electron chi connectivity index (χ0n) is 14.9. The number of nitrogens with one attached hydrogen (secondary N) is 1. The normalized spacial score (nSPS) is 10.6. The van der Waals surface area contributed by atoms with Gasteiger partial charge in [0.05, 0.1) is 11.6 Å². The summed E-state index contributed by atoms with van der Waals surface area (Å²) < 4.78 is 12.3. The third-order valence-electron chi connectivity index (χ3n) is 4.00. The number of benzene rings is 2. The van der Waals surface area contributed by atoms with Crippen molar-refractivity contribution in [3.63, 3.8) is 0 Å². The molecule has 1 N–H and O–H groups in total. The maximum atomic E-state index is 6.20. The van der Waals surface area contributed by atoms with E-state index in [4.69, 9.17) is 21.1 Å². The highest BCUT2D eigenvalue weighted by atomic mass is 79.9. The molecule has 0 bridgehead atoms. The smallest absolute Gasteiger partial charge is 0.175 e. The molecule has 0 aliphatic heterocycles. The number of nitrogens with zero attached hydrogens (tertiary/aromatic N) is 1. The molecule has 0 aliphatic carbocycles.